The van der Waals surface area contributed by atoms with Gasteiger partial charge in [0.15, 0.2) is 0 Å². The Morgan fingerprint density at radius 3 is 2.65 bits per heavy atom. The van der Waals surface area contributed by atoms with Gasteiger partial charge < -0.3 is 15.3 Å². The van der Waals surface area contributed by atoms with Crippen molar-refractivity contribution in [2.24, 2.45) is 0 Å². The molecule has 4 heteroatoms. The summed E-state index contributed by atoms with van der Waals surface area (Å²) in [7, 11) is 1.83. The van der Waals surface area contributed by atoms with Crippen molar-refractivity contribution in [2.75, 3.05) is 31.6 Å². The summed E-state index contributed by atoms with van der Waals surface area (Å²) in [4.78, 5) is 1.87. The smallest absolute Gasteiger partial charge is 0.146 e. The molecular formula is C13H21FN2O. The lowest BCUT2D eigenvalue weighted by Crippen LogP contribution is -2.28. The number of hydrogen-bond acceptors (Lipinski definition) is 3. The molecule has 0 aliphatic carbocycles. The van der Waals surface area contributed by atoms with Gasteiger partial charge in [0.1, 0.15) is 5.82 Å². The molecule has 0 aromatic heterocycles. The third-order valence-electron chi connectivity index (χ3n) is 2.60. The van der Waals surface area contributed by atoms with Crippen LogP contribution in [0.1, 0.15) is 18.9 Å². The molecule has 1 rings (SSSR count). The highest BCUT2D eigenvalue weighted by Gasteiger charge is 2.10. The van der Waals surface area contributed by atoms with E-state index in [4.69, 9.17) is 5.11 Å². The van der Waals surface area contributed by atoms with Crippen LogP contribution in [-0.4, -0.2) is 31.9 Å². The zero-order valence-corrected chi connectivity index (χ0v) is 10.5. The monoisotopic (exact) mass is 240 g/mol. The SMILES string of the molecule is CCCN(CCO)c1ccc(CNC)cc1F. The second kappa shape index (κ2) is 7.25. The highest BCUT2D eigenvalue weighted by atomic mass is 19.1. The lowest BCUT2D eigenvalue weighted by Gasteiger charge is -2.24. The van der Waals surface area contributed by atoms with E-state index in [2.05, 4.69) is 5.32 Å². The highest BCUT2D eigenvalue weighted by molar-refractivity contribution is 5.49. The number of aliphatic hydroxyl groups excluding tert-OH is 1. The molecule has 0 fully saturated rings. The number of hydrogen-bond donors (Lipinski definition) is 2. The van der Waals surface area contributed by atoms with Crippen LogP contribution in [0.25, 0.3) is 0 Å². The Hall–Kier alpha value is -1.13. The third kappa shape index (κ3) is 3.98. The maximum absolute atomic E-state index is 13.9. The normalized spacial score (nSPS) is 10.6. The number of nitrogens with one attached hydrogen (secondary N) is 1. The van der Waals surface area contributed by atoms with Crippen LogP contribution >= 0.6 is 0 Å². The molecule has 0 aliphatic heterocycles. The van der Waals surface area contributed by atoms with E-state index in [0.717, 1.165) is 18.5 Å². The molecule has 1 aromatic rings. The summed E-state index contributed by atoms with van der Waals surface area (Å²) >= 11 is 0. The van der Waals surface area contributed by atoms with Gasteiger partial charge in [-0.25, -0.2) is 4.39 Å². The Morgan fingerprint density at radius 1 is 1.35 bits per heavy atom. The number of halogens is 1. The molecule has 1 aromatic carbocycles. The van der Waals surface area contributed by atoms with Gasteiger partial charge >= 0.3 is 0 Å². The quantitative estimate of drug-likeness (QED) is 0.762. The van der Waals surface area contributed by atoms with E-state index >= 15 is 0 Å². The van der Waals surface area contributed by atoms with Gasteiger partial charge in [0, 0.05) is 19.6 Å². The van der Waals surface area contributed by atoms with E-state index in [1.54, 1.807) is 12.1 Å². The predicted molar refractivity (Wildman–Crippen MR) is 68.8 cm³/mol. The summed E-state index contributed by atoms with van der Waals surface area (Å²) < 4.78 is 13.9. The maximum atomic E-state index is 13.9. The maximum Gasteiger partial charge on any atom is 0.146 e. The summed E-state index contributed by atoms with van der Waals surface area (Å²) in [5, 5.41) is 12.0. The number of aliphatic hydroxyl groups is 1. The zero-order valence-electron chi connectivity index (χ0n) is 10.5. The van der Waals surface area contributed by atoms with Gasteiger partial charge in [-0.3, -0.25) is 0 Å². The largest absolute Gasteiger partial charge is 0.395 e. The predicted octanol–water partition coefficient (Wildman–Crippen LogP) is 1.75. The van der Waals surface area contributed by atoms with E-state index in [1.807, 2.05) is 24.9 Å². The Bertz CT molecular complexity index is 338. The molecule has 0 heterocycles. The summed E-state index contributed by atoms with van der Waals surface area (Å²) in [6, 6.07) is 5.24. The molecule has 0 spiro atoms. The van der Waals surface area contributed by atoms with Crippen molar-refractivity contribution in [1.82, 2.24) is 5.32 Å². The van der Waals surface area contributed by atoms with E-state index in [0.29, 0.717) is 18.8 Å². The van der Waals surface area contributed by atoms with E-state index < -0.39 is 0 Å². The Morgan fingerprint density at radius 2 is 2.12 bits per heavy atom. The van der Waals surface area contributed by atoms with E-state index in [1.165, 1.54) is 0 Å². The van der Waals surface area contributed by atoms with Crippen molar-refractivity contribution in [3.8, 4) is 0 Å². The number of nitrogens with zero attached hydrogens (tertiary/aromatic N) is 1. The molecule has 0 saturated carbocycles. The van der Waals surface area contributed by atoms with Crippen LogP contribution in [0.5, 0.6) is 0 Å². The van der Waals surface area contributed by atoms with Gasteiger partial charge in [0.05, 0.1) is 12.3 Å². The molecule has 0 bridgehead atoms. The zero-order chi connectivity index (χ0) is 12.7. The Balaban J connectivity index is 2.87. The standard InChI is InChI=1S/C13H21FN2O/c1-3-6-16(7-8-17)13-5-4-11(10-15-2)9-12(13)14/h4-5,9,15,17H,3,6-8,10H2,1-2H3. The first kappa shape index (κ1) is 13.9. The fourth-order valence-corrected chi connectivity index (χ4v) is 1.86. The minimum absolute atomic E-state index is 0.0394. The van der Waals surface area contributed by atoms with Crippen LogP contribution in [0.15, 0.2) is 18.2 Å². The van der Waals surface area contributed by atoms with Gasteiger partial charge in [-0.2, -0.15) is 0 Å². The second-order valence-electron chi connectivity index (χ2n) is 4.03. The Labute approximate surface area is 102 Å². The fourth-order valence-electron chi connectivity index (χ4n) is 1.86. The van der Waals surface area contributed by atoms with E-state index in [-0.39, 0.29) is 12.4 Å². The van der Waals surface area contributed by atoms with Crippen LogP contribution in [0.4, 0.5) is 10.1 Å². The number of benzene rings is 1. The minimum atomic E-state index is -0.223. The van der Waals surface area contributed by atoms with Gasteiger partial charge in [-0.15, -0.1) is 0 Å². The molecule has 0 radical (unpaired) electrons. The lowest BCUT2D eigenvalue weighted by atomic mass is 10.1. The van der Waals surface area contributed by atoms with Crippen molar-refractivity contribution >= 4 is 5.69 Å². The van der Waals surface area contributed by atoms with Crippen molar-refractivity contribution < 1.29 is 9.50 Å². The third-order valence-corrected chi connectivity index (χ3v) is 2.60. The van der Waals surface area contributed by atoms with Crippen molar-refractivity contribution in [2.45, 2.75) is 19.9 Å². The molecule has 2 N–H and O–H groups in total. The summed E-state index contributed by atoms with van der Waals surface area (Å²) in [6.45, 7) is 3.96. The van der Waals surface area contributed by atoms with Crippen LogP contribution < -0.4 is 10.2 Å². The summed E-state index contributed by atoms with van der Waals surface area (Å²) in [5.41, 5.74) is 1.50. The van der Waals surface area contributed by atoms with Gasteiger partial charge in [-0.05, 0) is 31.2 Å². The molecule has 17 heavy (non-hydrogen) atoms. The van der Waals surface area contributed by atoms with Crippen LogP contribution in [-0.2, 0) is 6.54 Å². The summed E-state index contributed by atoms with van der Waals surface area (Å²) in [5.74, 6) is -0.223. The Kier molecular flexibility index (Phi) is 5.94. The highest BCUT2D eigenvalue weighted by Crippen LogP contribution is 2.20. The minimum Gasteiger partial charge on any atom is -0.395 e. The molecule has 96 valence electrons. The average molecular weight is 240 g/mol. The summed E-state index contributed by atoms with van der Waals surface area (Å²) in [6.07, 6.45) is 0.928. The molecular weight excluding hydrogens is 219 g/mol. The van der Waals surface area contributed by atoms with Gasteiger partial charge in [0.25, 0.3) is 0 Å². The van der Waals surface area contributed by atoms with Gasteiger partial charge in [0.2, 0.25) is 0 Å². The van der Waals surface area contributed by atoms with Gasteiger partial charge in [-0.1, -0.05) is 13.0 Å². The fraction of sp³-hybridized carbons (Fsp3) is 0.538. The topological polar surface area (TPSA) is 35.5 Å². The lowest BCUT2D eigenvalue weighted by molar-refractivity contribution is 0.301. The first-order chi connectivity index (χ1) is 8.22. The first-order valence-electron chi connectivity index (χ1n) is 6.01. The van der Waals surface area contributed by atoms with Crippen LogP contribution in [0.3, 0.4) is 0 Å². The second-order valence-corrected chi connectivity index (χ2v) is 4.03. The molecule has 0 aliphatic rings. The molecule has 0 unspecified atom stereocenters. The number of anilines is 1. The molecule has 0 saturated heterocycles. The number of rotatable bonds is 7. The van der Waals surface area contributed by atoms with Crippen LogP contribution in [0.2, 0.25) is 0 Å². The van der Waals surface area contributed by atoms with Crippen molar-refractivity contribution in [3.63, 3.8) is 0 Å². The first-order valence-corrected chi connectivity index (χ1v) is 6.01. The molecule has 0 amide bonds. The van der Waals surface area contributed by atoms with E-state index in [9.17, 15) is 4.39 Å². The molecule has 0 atom stereocenters. The van der Waals surface area contributed by atoms with Crippen molar-refractivity contribution in [3.05, 3.63) is 29.6 Å². The van der Waals surface area contributed by atoms with Crippen molar-refractivity contribution in [1.29, 1.82) is 0 Å². The van der Waals surface area contributed by atoms with Crippen LogP contribution in [0, 0.1) is 5.82 Å². The average Bonchev–Trinajstić information content (AvgIpc) is 2.29. The molecule has 3 nitrogen and oxygen atoms in total.